The zero-order valence-electron chi connectivity index (χ0n) is 9.61. The zero-order chi connectivity index (χ0) is 11.1. The molecule has 0 saturated heterocycles. The average molecular weight is 208 g/mol. The molecule has 0 unspecified atom stereocenters. The van der Waals surface area contributed by atoms with Crippen molar-refractivity contribution in [2.75, 3.05) is 18.0 Å². The van der Waals surface area contributed by atoms with Gasteiger partial charge in [0.05, 0.1) is 12.3 Å². The van der Waals surface area contributed by atoms with Gasteiger partial charge in [-0.05, 0) is 25.5 Å². The number of hydrogen-bond acceptors (Lipinski definition) is 3. The lowest BCUT2D eigenvalue weighted by Crippen LogP contribution is -2.23. The third kappa shape index (κ3) is 3.51. The van der Waals surface area contributed by atoms with E-state index in [2.05, 4.69) is 23.7 Å². The van der Waals surface area contributed by atoms with Crippen LogP contribution < -0.4 is 4.90 Å². The number of aliphatic hydroxyl groups excluding tert-OH is 1. The lowest BCUT2D eigenvalue weighted by Gasteiger charge is -2.23. The predicted molar refractivity (Wildman–Crippen MR) is 63.0 cm³/mol. The molecular formula is C12H20N2O. The fourth-order valence-electron chi connectivity index (χ4n) is 1.57. The summed E-state index contributed by atoms with van der Waals surface area (Å²) in [5.41, 5.74) is 1.90. The first-order valence-electron chi connectivity index (χ1n) is 5.62. The Morgan fingerprint density at radius 3 is 2.80 bits per heavy atom. The quantitative estimate of drug-likeness (QED) is 0.778. The van der Waals surface area contributed by atoms with Crippen LogP contribution in [0, 0.1) is 0 Å². The Morgan fingerprint density at radius 1 is 1.40 bits per heavy atom. The monoisotopic (exact) mass is 208 g/mol. The molecule has 3 heteroatoms. The van der Waals surface area contributed by atoms with Gasteiger partial charge in [0.25, 0.3) is 0 Å². The van der Waals surface area contributed by atoms with Crippen LogP contribution in [0.5, 0.6) is 0 Å². The van der Waals surface area contributed by atoms with Crippen molar-refractivity contribution in [3.8, 4) is 0 Å². The normalized spacial score (nSPS) is 10.3. The second-order valence-corrected chi connectivity index (χ2v) is 3.60. The van der Waals surface area contributed by atoms with Crippen LogP contribution in [0.4, 0.5) is 5.69 Å². The third-order valence-corrected chi connectivity index (χ3v) is 2.49. The fraction of sp³-hybridized carbons (Fsp3) is 0.583. The van der Waals surface area contributed by atoms with E-state index in [1.165, 1.54) is 12.8 Å². The number of aromatic nitrogens is 1. The highest BCUT2D eigenvalue weighted by Crippen LogP contribution is 2.15. The van der Waals surface area contributed by atoms with Gasteiger partial charge in [-0.3, -0.25) is 4.98 Å². The molecule has 0 saturated carbocycles. The van der Waals surface area contributed by atoms with Gasteiger partial charge in [-0.2, -0.15) is 0 Å². The first-order valence-corrected chi connectivity index (χ1v) is 5.62. The van der Waals surface area contributed by atoms with E-state index in [-0.39, 0.29) is 6.61 Å². The summed E-state index contributed by atoms with van der Waals surface area (Å²) in [6.07, 6.45) is 4.16. The minimum atomic E-state index is 0.0131. The van der Waals surface area contributed by atoms with Crippen molar-refractivity contribution in [2.24, 2.45) is 0 Å². The van der Waals surface area contributed by atoms with Crippen LogP contribution in [-0.4, -0.2) is 23.2 Å². The summed E-state index contributed by atoms with van der Waals surface area (Å²) in [6.45, 7) is 6.42. The molecule has 0 spiro atoms. The number of unbranched alkanes of at least 4 members (excludes halogenated alkanes) is 1. The maximum atomic E-state index is 9.01. The summed E-state index contributed by atoms with van der Waals surface area (Å²) in [5.74, 6) is 0. The van der Waals surface area contributed by atoms with Gasteiger partial charge in [0, 0.05) is 25.0 Å². The molecule has 84 valence electrons. The van der Waals surface area contributed by atoms with Gasteiger partial charge >= 0.3 is 0 Å². The molecule has 0 aliphatic rings. The van der Waals surface area contributed by atoms with Crippen molar-refractivity contribution in [1.29, 1.82) is 0 Å². The minimum Gasteiger partial charge on any atom is -0.390 e. The first kappa shape index (κ1) is 12.0. The molecule has 0 fully saturated rings. The maximum Gasteiger partial charge on any atom is 0.0853 e. The molecule has 0 aliphatic carbocycles. The van der Waals surface area contributed by atoms with Crippen LogP contribution in [0.2, 0.25) is 0 Å². The second kappa shape index (κ2) is 6.40. The number of hydrogen-bond donors (Lipinski definition) is 1. The van der Waals surface area contributed by atoms with Crippen molar-refractivity contribution in [3.63, 3.8) is 0 Å². The SMILES string of the molecule is CCCCN(CC)c1ccnc(CO)c1. The lowest BCUT2D eigenvalue weighted by molar-refractivity contribution is 0.277. The molecule has 0 radical (unpaired) electrons. The molecule has 0 atom stereocenters. The Kier molecular flexibility index (Phi) is 5.12. The van der Waals surface area contributed by atoms with Gasteiger partial charge in [-0.25, -0.2) is 0 Å². The topological polar surface area (TPSA) is 36.4 Å². The summed E-state index contributed by atoms with van der Waals surface area (Å²) < 4.78 is 0. The van der Waals surface area contributed by atoms with Crippen molar-refractivity contribution in [3.05, 3.63) is 24.0 Å². The van der Waals surface area contributed by atoms with Crippen molar-refractivity contribution >= 4 is 5.69 Å². The maximum absolute atomic E-state index is 9.01. The number of nitrogens with zero attached hydrogens (tertiary/aromatic N) is 2. The minimum absolute atomic E-state index is 0.0131. The lowest BCUT2D eigenvalue weighted by atomic mass is 10.2. The van der Waals surface area contributed by atoms with E-state index in [4.69, 9.17) is 5.11 Å². The second-order valence-electron chi connectivity index (χ2n) is 3.60. The van der Waals surface area contributed by atoms with E-state index in [1.54, 1.807) is 6.20 Å². The summed E-state index contributed by atoms with van der Waals surface area (Å²) in [4.78, 5) is 6.39. The van der Waals surface area contributed by atoms with Crippen LogP contribution >= 0.6 is 0 Å². The molecule has 1 N–H and O–H groups in total. The standard InChI is InChI=1S/C12H20N2O/c1-3-5-8-14(4-2)12-6-7-13-11(9-12)10-15/h6-7,9,15H,3-5,8,10H2,1-2H3. The largest absolute Gasteiger partial charge is 0.390 e. The molecule has 1 rings (SSSR count). The van der Waals surface area contributed by atoms with E-state index >= 15 is 0 Å². The van der Waals surface area contributed by atoms with Gasteiger partial charge in [0.1, 0.15) is 0 Å². The van der Waals surface area contributed by atoms with Gasteiger partial charge in [0.2, 0.25) is 0 Å². The first-order chi connectivity index (χ1) is 7.31. The van der Waals surface area contributed by atoms with Crippen LogP contribution in [0.1, 0.15) is 32.4 Å². The van der Waals surface area contributed by atoms with E-state index in [0.717, 1.165) is 24.5 Å². The smallest absolute Gasteiger partial charge is 0.0853 e. The van der Waals surface area contributed by atoms with Crippen LogP contribution in [0.25, 0.3) is 0 Å². The van der Waals surface area contributed by atoms with Crippen LogP contribution in [0.15, 0.2) is 18.3 Å². The van der Waals surface area contributed by atoms with Gasteiger partial charge < -0.3 is 10.0 Å². The van der Waals surface area contributed by atoms with Crippen LogP contribution in [0.3, 0.4) is 0 Å². The summed E-state index contributed by atoms with van der Waals surface area (Å²) in [7, 11) is 0. The predicted octanol–water partition coefficient (Wildman–Crippen LogP) is 2.20. The van der Waals surface area contributed by atoms with Crippen LogP contribution in [-0.2, 0) is 6.61 Å². The Hall–Kier alpha value is -1.09. The molecule has 1 aromatic heterocycles. The average Bonchev–Trinajstić information content (AvgIpc) is 2.30. The Balaban J connectivity index is 2.72. The van der Waals surface area contributed by atoms with E-state index < -0.39 is 0 Å². The van der Waals surface area contributed by atoms with Crippen molar-refractivity contribution in [1.82, 2.24) is 4.98 Å². The highest BCUT2D eigenvalue weighted by atomic mass is 16.3. The van der Waals surface area contributed by atoms with Gasteiger partial charge in [-0.15, -0.1) is 0 Å². The molecule has 0 aromatic carbocycles. The molecule has 15 heavy (non-hydrogen) atoms. The molecule has 0 amide bonds. The molecule has 3 nitrogen and oxygen atoms in total. The number of aliphatic hydroxyl groups is 1. The van der Waals surface area contributed by atoms with Gasteiger partial charge in [0.15, 0.2) is 0 Å². The molecule has 0 aliphatic heterocycles. The summed E-state index contributed by atoms with van der Waals surface area (Å²) in [5, 5.41) is 9.01. The number of rotatable bonds is 6. The molecule has 0 bridgehead atoms. The summed E-state index contributed by atoms with van der Waals surface area (Å²) in [6, 6.07) is 3.96. The fourth-order valence-corrected chi connectivity index (χ4v) is 1.57. The molecule has 1 aromatic rings. The Bertz CT molecular complexity index is 289. The molecular weight excluding hydrogens is 188 g/mol. The van der Waals surface area contributed by atoms with Crippen molar-refractivity contribution in [2.45, 2.75) is 33.3 Å². The Morgan fingerprint density at radius 2 is 2.20 bits per heavy atom. The molecule has 1 heterocycles. The highest BCUT2D eigenvalue weighted by molar-refractivity contribution is 5.46. The summed E-state index contributed by atoms with van der Waals surface area (Å²) >= 11 is 0. The van der Waals surface area contributed by atoms with Gasteiger partial charge in [-0.1, -0.05) is 13.3 Å². The number of pyridine rings is 1. The highest BCUT2D eigenvalue weighted by Gasteiger charge is 2.04. The van der Waals surface area contributed by atoms with E-state index in [1.807, 2.05) is 12.1 Å². The number of anilines is 1. The third-order valence-electron chi connectivity index (χ3n) is 2.49. The van der Waals surface area contributed by atoms with E-state index in [0.29, 0.717) is 0 Å². The van der Waals surface area contributed by atoms with E-state index in [9.17, 15) is 0 Å². The Labute approximate surface area is 91.8 Å². The van der Waals surface area contributed by atoms with Crippen molar-refractivity contribution < 1.29 is 5.11 Å². The zero-order valence-corrected chi connectivity index (χ0v) is 9.61.